The minimum absolute atomic E-state index is 0.177. The number of amides is 1. The SMILES string of the molecule is CCCN(CC)CCNC(=O)c1ccc(C#CCO)cn1. The molecule has 114 valence electrons. The summed E-state index contributed by atoms with van der Waals surface area (Å²) in [6, 6.07) is 3.36. The number of hydrogen-bond acceptors (Lipinski definition) is 4. The number of likely N-dealkylation sites (N-methyl/N-ethyl adjacent to an activating group) is 1. The Morgan fingerprint density at radius 2 is 2.19 bits per heavy atom. The van der Waals surface area contributed by atoms with Gasteiger partial charge in [0.05, 0.1) is 0 Å². The maximum Gasteiger partial charge on any atom is 0.269 e. The molecule has 0 aliphatic carbocycles. The molecule has 1 aromatic heterocycles. The number of carbonyl (C=O) groups is 1. The Kier molecular flexibility index (Phi) is 8.10. The maximum atomic E-state index is 11.9. The molecule has 0 aliphatic rings. The van der Waals surface area contributed by atoms with E-state index in [4.69, 9.17) is 5.11 Å². The van der Waals surface area contributed by atoms with Crippen molar-refractivity contribution in [2.24, 2.45) is 0 Å². The van der Waals surface area contributed by atoms with Crippen LogP contribution in [-0.2, 0) is 0 Å². The number of hydrogen-bond donors (Lipinski definition) is 2. The van der Waals surface area contributed by atoms with Gasteiger partial charge < -0.3 is 15.3 Å². The molecule has 21 heavy (non-hydrogen) atoms. The number of rotatable bonds is 7. The lowest BCUT2D eigenvalue weighted by atomic mass is 10.2. The third kappa shape index (κ3) is 6.39. The van der Waals surface area contributed by atoms with Gasteiger partial charge in [-0.1, -0.05) is 25.7 Å². The van der Waals surface area contributed by atoms with Crippen LogP contribution in [0.1, 0.15) is 36.3 Å². The monoisotopic (exact) mass is 289 g/mol. The highest BCUT2D eigenvalue weighted by Gasteiger charge is 2.07. The maximum absolute atomic E-state index is 11.9. The van der Waals surface area contributed by atoms with Crippen molar-refractivity contribution < 1.29 is 9.90 Å². The fraction of sp³-hybridized carbons (Fsp3) is 0.500. The van der Waals surface area contributed by atoms with Crippen LogP contribution in [0.4, 0.5) is 0 Å². The first kappa shape index (κ1) is 17.2. The van der Waals surface area contributed by atoms with E-state index >= 15 is 0 Å². The fourth-order valence-electron chi connectivity index (χ4n) is 1.91. The Bertz CT molecular complexity index is 488. The Morgan fingerprint density at radius 3 is 2.76 bits per heavy atom. The van der Waals surface area contributed by atoms with E-state index in [1.165, 1.54) is 6.20 Å². The lowest BCUT2D eigenvalue weighted by molar-refractivity contribution is 0.0943. The first-order chi connectivity index (χ1) is 10.2. The molecule has 0 unspecified atom stereocenters. The molecular formula is C16H23N3O2. The van der Waals surface area contributed by atoms with Crippen LogP contribution in [0.25, 0.3) is 0 Å². The van der Waals surface area contributed by atoms with Gasteiger partial charge in [-0.25, -0.2) is 4.98 Å². The molecule has 0 spiro atoms. The summed E-state index contributed by atoms with van der Waals surface area (Å²) >= 11 is 0. The van der Waals surface area contributed by atoms with E-state index < -0.39 is 0 Å². The highest BCUT2D eigenvalue weighted by atomic mass is 16.2. The summed E-state index contributed by atoms with van der Waals surface area (Å²) in [5, 5.41) is 11.5. The van der Waals surface area contributed by atoms with Crippen molar-refractivity contribution in [1.29, 1.82) is 0 Å². The molecule has 0 saturated carbocycles. The van der Waals surface area contributed by atoms with Crippen molar-refractivity contribution in [3.8, 4) is 11.8 Å². The van der Waals surface area contributed by atoms with Gasteiger partial charge >= 0.3 is 0 Å². The van der Waals surface area contributed by atoms with Gasteiger partial charge in [-0.15, -0.1) is 0 Å². The van der Waals surface area contributed by atoms with E-state index in [2.05, 4.69) is 40.9 Å². The van der Waals surface area contributed by atoms with Crippen LogP contribution >= 0.6 is 0 Å². The summed E-state index contributed by atoms with van der Waals surface area (Å²) in [5.41, 5.74) is 1.06. The molecule has 1 aromatic rings. The van der Waals surface area contributed by atoms with E-state index in [-0.39, 0.29) is 12.5 Å². The van der Waals surface area contributed by atoms with Crippen LogP contribution in [0.15, 0.2) is 18.3 Å². The highest BCUT2D eigenvalue weighted by molar-refractivity contribution is 5.92. The Hall–Kier alpha value is -1.90. The second kappa shape index (κ2) is 9.92. The zero-order chi connectivity index (χ0) is 15.5. The Labute approximate surface area is 126 Å². The lowest BCUT2D eigenvalue weighted by Crippen LogP contribution is -2.35. The molecule has 0 atom stereocenters. The molecule has 0 saturated heterocycles. The molecule has 0 aromatic carbocycles. The predicted octanol–water partition coefficient (Wildman–Crippen LogP) is 0.887. The largest absolute Gasteiger partial charge is 0.384 e. The third-order valence-electron chi connectivity index (χ3n) is 3.01. The molecule has 1 rings (SSSR count). The zero-order valence-corrected chi connectivity index (χ0v) is 12.7. The van der Waals surface area contributed by atoms with Crippen molar-refractivity contribution in [2.75, 3.05) is 32.8 Å². The molecule has 2 N–H and O–H groups in total. The quantitative estimate of drug-likeness (QED) is 0.732. The highest BCUT2D eigenvalue weighted by Crippen LogP contribution is 1.99. The lowest BCUT2D eigenvalue weighted by Gasteiger charge is -2.19. The van der Waals surface area contributed by atoms with Gasteiger partial charge in [0.1, 0.15) is 12.3 Å². The third-order valence-corrected chi connectivity index (χ3v) is 3.01. The topological polar surface area (TPSA) is 65.5 Å². The number of aliphatic hydroxyl groups excluding tert-OH is 1. The first-order valence-electron chi connectivity index (χ1n) is 7.27. The van der Waals surface area contributed by atoms with Gasteiger partial charge in [0, 0.05) is 24.8 Å². The number of aliphatic hydroxyl groups is 1. The molecule has 1 amide bonds. The summed E-state index contributed by atoms with van der Waals surface area (Å²) < 4.78 is 0. The second-order valence-corrected chi connectivity index (χ2v) is 4.58. The normalized spacial score (nSPS) is 10.1. The minimum atomic E-state index is -0.187. The summed E-state index contributed by atoms with van der Waals surface area (Å²) in [4.78, 5) is 18.3. The fourth-order valence-corrected chi connectivity index (χ4v) is 1.91. The molecule has 5 nitrogen and oxygen atoms in total. The number of nitrogens with zero attached hydrogens (tertiary/aromatic N) is 2. The number of carbonyl (C=O) groups excluding carboxylic acids is 1. The Morgan fingerprint density at radius 1 is 1.38 bits per heavy atom. The van der Waals surface area contributed by atoms with E-state index in [0.717, 1.165) is 26.1 Å². The first-order valence-corrected chi connectivity index (χ1v) is 7.27. The average molecular weight is 289 g/mol. The molecule has 0 aliphatic heterocycles. The van der Waals surface area contributed by atoms with Crippen molar-refractivity contribution in [2.45, 2.75) is 20.3 Å². The molecule has 0 bridgehead atoms. The minimum Gasteiger partial charge on any atom is -0.384 e. The van der Waals surface area contributed by atoms with Gasteiger partial charge in [0.2, 0.25) is 0 Å². The summed E-state index contributed by atoms with van der Waals surface area (Å²) in [7, 11) is 0. The van der Waals surface area contributed by atoms with Crippen LogP contribution in [0.3, 0.4) is 0 Å². The van der Waals surface area contributed by atoms with Crippen LogP contribution in [0, 0.1) is 11.8 Å². The van der Waals surface area contributed by atoms with Crippen LogP contribution in [0.2, 0.25) is 0 Å². The number of pyridine rings is 1. The standard InChI is InChI=1S/C16H23N3O2/c1-3-10-19(4-2)11-9-17-16(21)15-8-7-14(13-18-15)6-5-12-20/h7-8,13,20H,3-4,9-12H2,1-2H3,(H,17,21). The summed E-state index contributed by atoms with van der Waals surface area (Å²) in [6.07, 6.45) is 2.65. The molecular weight excluding hydrogens is 266 g/mol. The Balaban J connectivity index is 2.45. The average Bonchev–Trinajstić information content (AvgIpc) is 2.52. The van der Waals surface area contributed by atoms with Gasteiger partial charge in [-0.05, 0) is 31.6 Å². The number of aromatic nitrogens is 1. The molecule has 0 fully saturated rings. The van der Waals surface area contributed by atoms with Gasteiger partial charge in [0.15, 0.2) is 0 Å². The molecule has 0 radical (unpaired) electrons. The van der Waals surface area contributed by atoms with Gasteiger partial charge in [-0.2, -0.15) is 0 Å². The van der Waals surface area contributed by atoms with Crippen LogP contribution in [0.5, 0.6) is 0 Å². The van der Waals surface area contributed by atoms with Crippen molar-refractivity contribution in [1.82, 2.24) is 15.2 Å². The van der Waals surface area contributed by atoms with E-state index in [1.54, 1.807) is 12.1 Å². The van der Waals surface area contributed by atoms with Gasteiger partial charge in [-0.3, -0.25) is 4.79 Å². The van der Waals surface area contributed by atoms with Crippen molar-refractivity contribution in [3.63, 3.8) is 0 Å². The summed E-state index contributed by atoms with van der Waals surface area (Å²) in [6.45, 7) is 7.56. The van der Waals surface area contributed by atoms with E-state index in [1.807, 2.05) is 0 Å². The zero-order valence-electron chi connectivity index (χ0n) is 12.7. The van der Waals surface area contributed by atoms with Crippen molar-refractivity contribution >= 4 is 5.91 Å². The van der Waals surface area contributed by atoms with Crippen LogP contribution < -0.4 is 5.32 Å². The van der Waals surface area contributed by atoms with E-state index in [0.29, 0.717) is 17.8 Å². The number of nitrogens with one attached hydrogen (secondary N) is 1. The smallest absolute Gasteiger partial charge is 0.269 e. The van der Waals surface area contributed by atoms with Gasteiger partial charge in [0.25, 0.3) is 5.91 Å². The van der Waals surface area contributed by atoms with Crippen LogP contribution in [-0.4, -0.2) is 53.7 Å². The predicted molar refractivity (Wildman–Crippen MR) is 82.9 cm³/mol. The van der Waals surface area contributed by atoms with Crippen molar-refractivity contribution in [3.05, 3.63) is 29.6 Å². The van der Waals surface area contributed by atoms with E-state index in [9.17, 15) is 4.79 Å². The second-order valence-electron chi connectivity index (χ2n) is 4.58. The molecule has 5 heteroatoms. The summed E-state index contributed by atoms with van der Waals surface area (Å²) in [5.74, 6) is 5.10. The molecule has 1 heterocycles.